The SMILES string of the molecule is CC[C@@](C)(O)CN(Cc1ccccc1)C(=O)c1occc1C. The Morgan fingerprint density at radius 2 is 1.95 bits per heavy atom. The zero-order chi connectivity index (χ0) is 16.2. The van der Waals surface area contributed by atoms with Gasteiger partial charge in [-0.25, -0.2) is 0 Å². The van der Waals surface area contributed by atoms with Crippen molar-refractivity contribution >= 4 is 5.91 Å². The van der Waals surface area contributed by atoms with Crippen LogP contribution in [0, 0.1) is 6.92 Å². The van der Waals surface area contributed by atoms with Crippen molar-refractivity contribution < 1.29 is 14.3 Å². The summed E-state index contributed by atoms with van der Waals surface area (Å²) in [5.74, 6) is 0.142. The molecule has 0 spiro atoms. The molecule has 0 aliphatic heterocycles. The Morgan fingerprint density at radius 1 is 1.27 bits per heavy atom. The largest absolute Gasteiger partial charge is 0.459 e. The van der Waals surface area contributed by atoms with Crippen LogP contribution in [-0.4, -0.2) is 28.1 Å². The van der Waals surface area contributed by atoms with Crippen molar-refractivity contribution in [3.63, 3.8) is 0 Å². The average molecular weight is 301 g/mol. The lowest BCUT2D eigenvalue weighted by molar-refractivity contribution is 0.0122. The summed E-state index contributed by atoms with van der Waals surface area (Å²) < 4.78 is 5.32. The van der Waals surface area contributed by atoms with Crippen LogP contribution in [0.15, 0.2) is 47.1 Å². The maximum absolute atomic E-state index is 12.7. The summed E-state index contributed by atoms with van der Waals surface area (Å²) in [6.07, 6.45) is 2.09. The first kappa shape index (κ1) is 16.3. The van der Waals surface area contributed by atoms with E-state index in [4.69, 9.17) is 4.42 Å². The van der Waals surface area contributed by atoms with Crippen molar-refractivity contribution in [2.45, 2.75) is 39.3 Å². The third-order valence-electron chi connectivity index (χ3n) is 3.85. The van der Waals surface area contributed by atoms with Crippen LogP contribution < -0.4 is 0 Å². The van der Waals surface area contributed by atoms with Gasteiger partial charge in [0.2, 0.25) is 0 Å². The minimum Gasteiger partial charge on any atom is -0.459 e. The molecule has 0 radical (unpaired) electrons. The van der Waals surface area contributed by atoms with Crippen molar-refractivity contribution in [2.75, 3.05) is 6.54 Å². The van der Waals surface area contributed by atoms with Crippen LogP contribution in [0.4, 0.5) is 0 Å². The third-order valence-corrected chi connectivity index (χ3v) is 3.85. The summed E-state index contributed by atoms with van der Waals surface area (Å²) >= 11 is 0. The molecular formula is C18H23NO3. The Hall–Kier alpha value is -2.07. The number of hydrogen-bond donors (Lipinski definition) is 1. The molecule has 0 saturated heterocycles. The smallest absolute Gasteiger partial charge is 0.290 e. The number of benzene rings is 1. The van der Waals surface area contributed by atoms with Gasteiger partial charge in [-0.05, 0) is 31.9 Å². The highest BCUT2D eigenvalue weighted by atomic mass is 16.3. The maximum atomic E-state index is 12.7. The van der Waals surface area contributed by atoms with Crippen LogP contribution in [-0.2, 0) is 6.54 Å². The Kier molecular flexibility index (Phi) is 5.03. The van der Waals surface area contributed by atoms with E-state index in [0.29, 0.717) is 18.7 Å². The van der Waals surface area contributed by atoms with Gasteiger partial charge in [0, 0.05) is 18.7 Å². The molecule has 4 nitrogen and oxygen atoms in total. The van der Waals surface area contributed by atoms with Crippen molar-refractivity contribution in [1.82, 2.24) is 4.90 Å². The predicted molar refractivity (Wildman–Crippen MR) is 85.5 cm³/mol. The zero-order valence-corrected chi connectivity index (χ0v) is 13.4. The van der Waals surface area contributed by atoms with Crippen LogP contribution in [0.1, 0.15) is 41.9 Å². The first-order valence-corrected chi connectivity index (χ1v) is 7.52. The zero-order valence-electron chi connectivity index (χ0n) is 13.4. The molecular weight excluding hydrogens is 278 g/mol. The fourth-order valence-electron chi connectivity index (χ4n) is 2.26. The summed E-state index contributed by atoms with van der Waals surface area (Å²) in [5, 5.41) is 10.4. The lowest BCUT2D eigenvalue weighted by Crippen LogP contribution is -2.43. The topological polar surface area (TPSA) is 53.7 Å². The van der Waals surface area contributed by atoms with E-state index in [9.17, 15) is 9.90 Å². The number of carbonyl (C=O) groups is 1. The van der Waals surface area contributed by atoms with Gasteiger partial charge in [0.1, 0.15) is 0 Å². The monoisotopic (exact) mass is 301 g/mol. The van der Waals surface area contributed by atoms with Crippen LogP contribution in [0.2, 0.25) is 0 Å². The van der Waals surface area contributed by atoms with E-state index in [2.05, 4.69) is 0 Å². The van der Waals surface area contributed by atoms with Crippen LogP contribution in [0.5, 0.6) is 0 Å². The second-order valence-electron chi connectivity index (χ2n) is 5.93. The number of aliphatic hydroxyl groups is 1. The molecule has 1 aromatic heterocycles. The second kappa shape index (κ2) is 6.79. The number of amides is 1. The standard InChI is InChI=1S/C18H23NO3/c1-4-18(3,21)13-19(12-15-8-6-5-7-9-15)17(20)16-14(2)10-11-22-16/h5-11,21H,4,12-13H2,1-3H3/t18-/m1/s1. The van der Waals surface area contributed by atoms with E-state index in [1.165, 1.54) is 6.26 Å². The molecule has 1 aromatic carbocycles. The lowest BCUT2D eigenvalue weighted by Gasteiger charge is -2.30. The van der Waals surface area contributed by atoms with E-state index in [1.807, 2.05) is 44.2 Å². The summed E-state index contributed by atoms with van der Waals surface area (Å²) in [7, 11) is 0. The number of furan rings is 1. The molecule has 4 heteroatoms. The summed E-state index contributed by atoms with van der Waals surface area (Å²) in [4.78, 5) is 14.4. The quantitative estimate of drug-likeness (QED) is 0.889. The number of aryl methyl sites for hydroxylation is 1. The highest BCUT2D eigenvalue weighted by Crippen LogP contribution is 2.19. The van der Waals surface area contributed by atoms with Gasteiger partial charge in [0.05, 0.1) is 11.9 Å². The van der Waals surface area contributed by atoms with Gasteiger partial charge in [-0.15, -0.1) is 0 Å². The first-order valence-electron chi connectivity index (χ1n) is 7.52. The van der Waals surface area contributed by atoms with Crippen molar-refractivity contribution in [3.05, 3.63) is 59.5 Å². The fourth-order valence-corrected chi connectivity index (χ4v) is 2.26. The highest BCUT2D eigenvalue weighted by molar-refractivity contribution is 5.92. The Labute approximate surface area is 131 Å². The molecule has 22 heavy (non-hydrogen) atoms. The third kappa shape index (κ3) is 3.98. The van der Waals surface area contributed by atoms with Crippen molar-refractivity contribution in [3.8, 4) is 0 Å². The molecule has 2 rings (SSSR count). The molecule has 1 amide bonds. The van der Waals surface area contributed by atoms with Crippen molar-refractivity contribution in [1.29, 1.82) is 0 Å². The highest BCUT2D eigenvalue weighted by Gasteiger charge is 2.28. The predicted octanol–water partition coefficient (Wildman–Crippen LogP) is 3.39. The average Bonchev–Trinajstić information content (AvgIpc) is 2.93. The Balaban J connectivity index is 2.25. The van der Waals surface area contributed by atoms with Gasteiger partial charge >= 0.3 is 0 Å². The summed E-state index contributed by atoms with van der Waals surface area (Å²) in [6, 6.07) is 11.5. The van der Waals surface area contributed by atoms with E-state index >= 15 is 0 Å². The maximum Gasteiger partial charge on any atom is 0.290 e. The summed E-state index contributed by atoms with van der Waals surface area (Å²) in [6.45, 7) is 6.19. The summed E-state index contributed by atoms with van der Waals surface area (Å²) in [5.41, 5.74) is 0.899. The molecule has 1 atom stereocenters. The Morgan fingerprint density at radius 3 is 2.50 bits per heavy atom. The minimum absolute atomic E-state index is 0.194. The van der Waals surface area contributed by atoms with E-state index in [-0.39, 0.29) is 12.5 Å². The molecule has 0 fully saturated rings. The molecule has 1 N–H and O–H groups in total. The molecule has 1 heterocycles. The van der Waals surface area contributed by atoms with Gasteiger partial charge in [-0.2, -0.15) is 0 Å². The first-order chi connectivity index (χ1) is 10.4. The van der Waals surface area contributed by atoms with Gasteiger partial charge in [0.15, 0.2) is 5.76 Å². The number of rotatable bonds is 6. The van der Waals surface area contributed by atoms with Gasteiger partial charge in [-0.3, -0.25) is 4.79 Å². The molecule has 0 saturated carbocycles. The molecule has 2 aromatic rings. The van der Waals surface area contributed by atoms with E-state index in [0.717, 1.165) is 11.1 Å². The second-order valence-corrected chi connectivity index (χ2v) is 5.93. The number of hydrogen-bond acceptors (Lipinski definition) is 3. The molecule has 0 aliphatic rings. The van der Waals surface area contributed by atoms with E-state index in [1.54, 1.807) is 17.9 Å². The number of nitrogens with zero attached hydrogens (tertiary/aromatic N) is 1. The minimum atomic E-state index is -0.926. The fraction of sp³-hybridized carbons (Fsp3) is 0.389. The molecule has 0 bridgehead atoms. The van der Waals surface area contributed by atoms with Crippen molar-refractivity contribution in [2.24, 2.45) is 0 Å². The molecule has 0 unspecified atom stereocenters. The van der Waals surface area contributed by atoms with Gasteiger partial charge in [0.25, 0.3) is 5.91 Å². The van der Waals surface area contributed by atoms with Crippen LogP contribution >= 0.6 is 0 Å². The normalized spacial score (nSPS) is 13.6. The van der Waals surface area contributed by atoms with Gasteiger partial charge in [-0.1, -0.05) is 37.3 Å². The number of carbonyl (C=O) groups excluding carboxylic acids is 1. The molecule has 0 aliphatic carbocycles. The Bertz CT molecular complexity index is 616. The van der Waals surface area contributed by atoms with Gasteiger partial charge < -0.3 is 14.4 Å². The molecule has 118 valence electrons. The van der Waals surface area contributed by atoms with Crippen LogP contribution in [0.3, 0.4) is 0 Å². The van der Waals surface area contributed by atoms with E-state index < -0.39 is 5.60 Å². The van der Waals surface area contributed by atoms with Crippen LogP contribution in [0.25, 0.3) is 0 Å². The lowest BCUT2D eigenvalue weighted by atomic mass is 10.0.